The summed E-state index contributed by atoms with van der Waals surface area (Å²) in [5.74, 6) is 0. The summed E-state index contributed by atoms with van der Waals surface area (Å²) in [6.07, 6.45) is 1.21. The van der Waals surface area contributed by atoms with Crippen LogP contribution in [0.5, 0.6) is 0 Å². The smallest absolute Gasteiger partial charge is 0.404 e. The molecule has 1 amide bonds. The SMILES string of the molecule is O=C(O)NCCc1ncccc1S. The average Bonchev–Trinajstić information content (AvgIpc) is 2.08. The number of nitrogens with one attached hydrogen (secondary N) is 1. The maximum Gasteiger partial charge on any atom is 0.404 e. The van der Waals surface area contributed by atoms with Gasteiger partial charge in [-0.25, -0.2) is 4.79 Å². The Hall–Kier alpha value is -1.23. The minimum Gasteiger partial charge on any atom is -0.465 e. The molecule has 0 aliphatic rings. The van der Waals surface area contributed by atoms with Crippen molar-refractivity contribution in [2.24, 2.45) is 0 Å². The molecule has 1 aromatic rings. The van der Waals surface area contributed by atoms with Crippen LogP contribution in [0.3, 0.4) is 0 Å². The summed E-state index contributed by atoms with van der Waals surface area (Å²) in [6.45, 7) is 0.361. The van der Waals surface area contributed by atoms with Gasteiger partial charge in [-0.05, 0) is 12.1 Å². The Morgan fingerprint density at radius 1 is 1.69 bits per heavy atom. The van der Waals surface area contributed by atoms with Gasteiger partial charge in [0.1, 0.15) is 0 Å². The van der Waals surface area contributed by atoms with Crippen molar-refractivity contribution in [1.29, 1.82) is 0 Å². The molecule has 1 rings (SSSR count). The van der Waals surface area contributed by atoms with Crippen LogP contribution in [0.25, 0.3) is 0 Å². The molecule has 1 aromatic heterocycles. The number of hydrogen-bond donors (Lipinski definition) is 3. The summed E-state index contributed by atoms with van der Waals surface area (Å²) in [5, 5.41) is 10.6. The molecular weight excluding hydrogens is 188 g/mol. The monoisotopic (exact) mass is 198 g/mol. The Morgan fingerprint density at radius 2 is 2.46 bits per heavy atom. The highest BCUT2D eigenvalue weighted by atomic mass is 32.1. The van der Waals surface area contributed by atoms with E-state index in [-0.39, 0.29) is 0 Å². The molecule has 0 saturated heterocycles. The Kier molecular flexibility index (Phi) is 3.57. The highest BCUT2D eigenvalue weighted by Gasteiger charge is 1.99. The minimum absolute atomic E-state index is 0.361. The van der Waals surface area contributed by atoms with Crippen LogP contribution in [0.4, 0.5) is 4.79 Å². The lowest BCUT2D eigenvalue weighted by Gasteiger charge is -2.02. The summed E-state index contributed by atoms with van der Waals surface area (Å²) in [4.78, 5) is 15.0. The number of carbonyl (C=O) groups is 1. The maximum absolute atomic E-state index is 10.1. The van der Waals surface area contributed by atoms with E-state index in [9.17, 15) is 4.79 Å². The maximum atomic E-state index is 10.1. The molecule has 0 aliphatic carbocycles. The van der Waals surface area contributed by atoms with Crippen molar-refractivity contribution in [2.45, 2.75) is 11.3 Å². The lowest BCUT2D eigenvalue weighted by atomic mass is 10.3. The average molecular weight is 198 g/mol. The van der Waals surface area contributed by atoms with Crippen LogP contribution in [-0.2, 0) is 6.42 Å². The van der Waals surface area contributed by atoms with Crippen LogP contribution in [0.2, 0.25) is 0 Å². The van der Waals surface area contributed by atoms with Gasteiger partial charge in [-0.15, -0.1) is 12.6 Å². The molecule has 0 fully saturated rings. The van der Waals surface area contributed by atoms with Gasteiger partial charge in [0.15, 0.2) is 0 Å². The van der Waals surface area contributed by atoms with Gasteiger partial charge in [-0.1, -0.05) is 0 Å². The largest absolute Gasteiger partial charge is 0.465 e. The van der Waals surface area contributed by atoms with Crippen LogP contribution in [-0.4, -0.2) is 22.7 Å². The van der Waals surface area contributed by atoms with E-state index in [1.54, 1.807) is 12.3 Å². The third kappa shape index (κ3) is 3.33. The van der Waals surface area contributed by atoms with Crippen molar-refractivity contribution >= 4 is 18.7 Å². The molecular formula is C8H10N2O2S. The van der Waals surface area contributed by atoms with Gasteiger partial charge >= 0.3 is 6.09 Å². The second kappa shape index (κ2) is 4.71. The Balaban J connectivity index is 2.45. The first-order chi connectivity index (χ1) is 6.20. The number of rotatable bonds is 3. The molecule has 0 saturated carbocycles. The van der Waals surface area contributed by atoms with E-state index in [0.29, 0.717) is 13.0 Å². The van der Waals surface area contributed by atoms with Crippen LogP contribution in [0.15, 0.2) is 23.2 Å². The summed E-state index contributed by atoms with van der Waals surface area (Å²) in [5.41, 5.74) is 0.805. The fourth-order valence-corrected chi connectivity index (χ4v) is 1.17. The topological polar surface area (TPSA) is 62.2 Å². The normalized spacial score (nSPS) is 9.62. The van der Waals surface area contributed by atoms with Gasteiger partial charge in [0.2, 0.25) is 0 Å². The van der Waals surface area contributed by atoms with E-state index < -0.39 is 6.09 Å². The van der Waals surface area contributed by atoms with Crippen molar-refractivity contribution in [1.82, 2.24) is 10.3 Å². The number of pyridine rings is 1. The lowest BCUT2D eigenvalue weighted by molar-refractivity contribution is 0.194. The second-order valence-corrected chi connectivity index (χ2v) is 2.93. The first-order valence-electron chi connectivity index (χ1n) is 3.80. The molecule has 0 spiro atoms. The van der Waals surface area contributed by atoms with Crippen LogP contribution >= 0.6 is 12.6 Å². The molecule has 4 nitrogen and oxygen atoms in total. The van der Waals surface area contributed by atoms with Crippen molar-refractivity contribution in [3.63, 3.8) is 0 Å². The van der Waals surface area contributed by atoms with Gasteiger partial charge in [0.05, 0.1) is 5.69 Å². The summed E-state index contributed by atoms with van der Waals surface area (Å²) in [7, 11) is 0. The molecule has 0 aliphatic heterocycles. The number of nitrogens with zero attached hydrogens (tertiary/aromatic N) is 1. The van der Waals surface area contributed by atoms with E-state index in [4.69, 9.17) is 5.11 Å². The summed E-state index contributed by atoms with van der Waals surface area (Å²) >= 11 is 4.18. The fraction of sp³-hybridized carbons (Fsp3) is 0.250. The van der Waals surface area contributed by atoms with E-state index >= 15 is 0 Å². The van der Waals surface area contributed by atoms with Crippen molar-refractivity contribution in [2.75, 3.05) is 6.54 Å². The molecule has 0 aromatic carbocycles. The minimum atomic E-state index is -1.02. The fourth-order valence-electron chi connectivity index (χ4n) is 0.910. The van der Waals surface area contributed by atoms with E-state index in [2.05, 4.69) is 22.9 Å². The van der Waals surface area contributed by atoms with Gasteiger partial charge < -0.3 is 10.4 Å². The van der Waals surface area contributed by atoms with E-state index in [0.717, 1.165) is 10.6 Å². The molecule has 0 unspecified atom stereocenters. The standard InChI is InChI=1S/C8H10N2O2S/c11-8(12)10-5-3-6-7(13)2-1-4-9-6/h1-2,4,10,13H,3,5H2,(H,11,12). The van der Waals surface area contributed by atoms with E-state index in [1.807, 2.05) is 6.07 Å². The van der Waals surface area contributed by atoms with Gasteiger partial charge in [0, 0.05) is 24.1 Å². The Bertz CT molecular complexity index is 304. The summed E-state index contributed by atoms with van der Waals surface area (Å²) < 4.78 is 0. The first-order valence-corrected chi connectivity index (χ1v) is 4.24. The highest BCUT2D eigenvalue weighted by molar-refractivity contribution is 7.80. The molecule has 2 N–H and O–H groups in total. The third-order valence-corrected chi connectivity index (χ3v) is 1.91. The lowest BCUT2D eigenvalue weighted by Crippen LogP contribution is -2.23. The molecule has 0 radical (unpaired) electrons. The van der Waals surface area contributed by atoms with Crippen molar-refractivity contribution < 1.29 is 9.90 Å². The number of aromatic nitrogens is 1. The number of carboxylic acid groups (broad SMARTS) is 1. The van der Waals surface area contributed by atoms with Crippen LogP contribution in [0.1, 0.15) is 5.69 Å². The first kappa shape index (κ1) is 9.85. The zero-order valence-electron chi connectivity index (χ0n) is 6.90. The zero-order valence-corrected chi connectivity index (χ0v) is 7.79. The van der Waals surface area contributed by atoms with Gasteiger partial charge in [0.25, 0.3) is 0 Å². The number of thiol groups is 1. The zero-order chi connectivity index (χ0) is 9.68. The van der Waals surface area contributed by atoms with E-state index in [1.165, 1.54) is 0 Å². The van der Waals surface area contributed by atoms with Crippen molar-refractivity contribution in [3.05, 3.63) is 24.0 Å². The molecule has 5 heteroatoms. The molecule has 70 valence electrons. The molecule has 13 heavy (non-hydrogen) atoms. The highest BCUT2D eigenvalue weighted by Crippen LogP contribution is 2.09. The summed E-state index contributed by atoms with van der Waals surface area (Å²) in [6, 6.07) is 3.61. The third-order valence-electron chi connectivity index (χ3n) is 1.50. The predicted molar refractivity (Wildman–Crippen MR) is 51.2 cm³/mol. The van der Waals surface area contributed by atoms with Gasteiger partial charge in [-0.2, -0.15) is 0 Å². The molecule has 1 heterocycles. The Morgan fingerprint density at radius 3 is 3.08 bits per heavy atom. The molecule has 0 atom stereocenters. The quantitative estimate of drug-likeness (QED) is 0.639. The van der Waals surface area contributed by atoms with Crippen LogP contribution < -0.4 is 5.32 Å². The van der Waals surface area contributed by atoms with Gasteiger partial charge in [-0.3, -0.25) is 4.98 Å². The predicted octanol–water partition coefficient (Wildman–Crippen LogP) is 1.18. The molecule has 0 bridgehead atoms. The van der Waals surface area contributed by atoms with Crippen LogP contribution in [0, 0.1) is 0 Å². The number of amides is 1. The second-order valence-electron chi connectivity index (χ2n) is 2.45. The Labute approximate surface area is 81.4 Å². The van der Waals surface area contributed by atoms with Crippen molar-refractivity contribution in [3.8, 4) is 0 Å². The number of hydrogen-bond acceptors (Lipinski definition) is 3.